The maximum absolute atomic E-state index is 11.8. The Morgan fingerprint density at radius 1 is 1.17 bits per heavy atom. The van der Waals surface area contributed by atoms with Gasteiger partial charge in [0.1, 0.15) is 18.4 Å². The van der Waals surface area contributed by atoms with Crippen molar-refractivity contribution in [1.82, 2.24) is 29.7 Å². The molecule has 152 valence electrons. The van der Waals surface area contributed by atoms with Gasteiger partial charge in [0, 0.05) is 67.1 Å². The third-order valence-electron chi connectivity index (χ3n) is 5.76. The van der Waals surface area contributed by atoms with Crippen LogP contribution in [0.15, 0.2) is 49.1 Å². The number of rotatable bonds is 5. The van der Waals surface area contributed by atoms with Crippen molar-refractivity contribution in [1.29, 1.82) is 0 Å². The average molecular weight is 401 g/mol. The van der Waals surface area contributed by atoms with Gasteiger partial charge < -0.3 is 15.5 Å². The molecule has 3 aromatic heterocycles. The second-order valence-electron chi connectivity index (χ2n) is 7.78. The molecule has 3 N–H and O–H groups in total. The van der Waals surface area contributed by atoms with Crippen molar-refractivity contribution in [2.75, 3.05) is 25.4 Å². The number of anilines is 1. The van der Waals surface area contributed by atoms with E-state index in [1.165, 1.54) is 6.33 Å². The van der Waals surface area contributed by atoms with Gasteiger partial charge in [-0.05, 0) is 29.8 Å². The predicted octanol–water partition coefficient (Wildman–Crippen LogP) is 1.97. The predicted molar refractivity (Wildman–Crippen MR) is 116 cm³/mol. The lowest BCUT2D eigenvalue weighted by Crippen LogP contribution is -2.53. The number of aromatic amines is 1. The Morgan fingerprint density at radius 3 is 2.97 bits per heavy atom. The van der Waals surface area contributed by atoms with Gasteiger partial charge in [0.2, 0.25) is 0 Å². The number of carbonyl (C=O) groups excluding carboxylic acids is 1. The fourth-order valence-electron chi connectivity index (χ4n) is 4.19. The molecule has 8 nitrogen and oxygen atoms in total. The van der Waals surface area contributed by atoms with E-state index in [0.29, 0.717) is 18.9 Å². The van der Waals surface area contributed by atoms with Crippen LogP contribution in [0.4, 0.5) is 5.82 Å². The number of benzene rings is 1. The molecule has 1 atom stereocenters. The number of pyridine rings is 1. The maximum Gasteiger partial charge on any atom is 0.138 e. The average Bonchev–Trinajstić information content (AvgIpc) is 3.17. The van der Waals surface area contributed by atoms with Crippen molar-refractivity contribution in [2.45, 2.75) is 19.1 Å². The van der Waals surface area contributed by atoms with Crippen molar-refractivity contribution < 1.29 is 4.79 Å². The third-order valence-corrected chi connectivity index (χ3v) is 5.76. The van der Waals surface area contributed by atoms with Gasteiger partial charge in [-0.25, -0.2) is 9.97 Å². The van der Waals surface area contributed by atoms with Crippen molar-refractivity contribution in [2.24, 2.45) is 0 Å². The zero-order chi connectivity index (χ0) is 20.5. The lowest BCUT2D eigenvalue weighted by atomic mass is 10.1. The summed E-state index contributed by atoms with van der Waals surface area (Å²) in [5.41, 5.74) is 10.1. The molecule has 1 aliphatic rings. The standard InChI is InChI=1S/C22H23N7O/c23-22-19-2-1-15(7-21(19)25-14-26-22)10-29-6-5-28(12-18(29)13-30)11-17-8-16-9-24-4-3-20(16)27-17/h1-4,7-9,13-14,18,27H,5-6,10-12H2,(H2,23,25,26). The highest BCUT2D eigenvalue weighted by molar-refractivity contribution is 5.88. The second-order valence-corrected chi connectivity index (χ2v) is 7.78. The van der Waals surface area contributed by atoms with E-state index in [1.807, 2.05) is 30.5 Å². The number of nitrogens with two attached hydrogens (primary N) is 1. The first-order chi connectivity index (χ1) is 14.7. The summed E-state index contributed by atoms with van der Waals surface area (Å²) in [4.78, 5) is 32.3. The number of nitrogen functional groups attached to an aromatic ring is 1. The van der Waals surface area contributed by atoms with Crippen LogP contribution in [0.25, 0.3) is 21.8 Å². The normalized spacial score (nSPS) is 18.2. The minimum Gasteiger partial charge on any atom is -0.383 e. The van der Waals surface area contributed by atoms with Crippen LogP contribution in [0, 0.1) is 0 Å². The molecule has 4 aromatic rings. The molecule has 1 aliphatic heterocycles. The van der Waals surface area contributed by atoms with E-state index in [0.717, 1.165) is 59.0 Å². The summed E-state index contributed by atoms with van der Waals surface area (Å²) in [6.07, 6.45) is 6.19. The number of carbonyl (C=O) groups is 1. The van der Waals surface area contributed by atoms with Crippen LogP contribution in [0.1, 0.15) is 11.3 Å². The molecule has 0 saturated carbocycles. The van der Waals surface area contributed by atoms with Crippen LogP contribution in [0.3, 0.4) is 0 Å². The number of piperazine rings is 1. The largest absolute Gasteiger partial charge is 0.383 e. The Kier molecular flexibility index (Phi) is 4.86. The van der Waals surface area contributed by atoms with Gasteiger partial charge in [0.25, 0.3) is 0 Å². The molecule has 0 aliphatic carbocycles. The highest BCUT2D eigenvalue weighted by Gasteiger charge is 2.27. The van der Waals surface area contributed by atoms with Gasteiger partial charge in [-0.3, -0.25) is 14.8 Å². The number of nitrogens with one attached hydrogen (secondary N) is 1. The Balaban J connectivity index is 1.27. The lowest BCUT2D eigenvalue weighted by molar-refractivity contribution is -0.115. The minimum absolute atomic E-state index is 0.143. The van der Waals surface area contributed by atoms with E-state index >= 15 is 0 Å². The Bertz CT molecular complexity index is 1170. The monoisotopic (exact) mass is 401 g/mol. The molecule has 0 spiro atoms. The van der Waals surface area contributed by atoms with Crippen LogP contribution >= 0.6 is 0 Å². The zero-order valence-corrected chi connectivity index (χ0v) is 16.5. The fraction of sp³-hybridized carbons (Fsp3) is 0.273. The second kappa shape index (κ2) is 7.81. The highest BCUT2D eigenvalue weighted by Crippen LogP contribution is 2.21. The minimum atomic E-state index is -0.143. The maximum atomic E-state index is 11.8. The summed E-state index contributed by atoms with van der Waals surface area (Å²) in [6.45, 7) is 3.93. The first-order valence-corrected chi connectivity index (χ1v) is 10.0. The Labute approximate surface area is 173 Å². The number of H-pyrrole nitrogens is 1. The summed E-state index contributed by atoms with van der Waals surface area (Å²) in [5.74, 6) is 0.485. The van der Waals surface area contributed by atoms with E-state index in [1.54, 1.807) is 6.20 Å². The first kappa shape index (κ1) is 18.7. The van der Waals surface area contributed by atoms with Crippen LogP contribution in [-0.2, 0) is 17.9 Å². The zero-order valence-electron chi connectivity index (χ0n) is 16.5. The molecule has 1 fully saturated rings. The number of hydrogen-bond acceptors (Lipinski definition) is 7. The van der Waals surface area contributed by atoms with E-state index in [-0.39, 0.29) is 6.04 Å². The summed E-state index contributed by atoms with van der Waals surface area (Å²) in [6, 6.07) is 9.99. The molecule has 0 bridgehead atoms. The topological polar surface area (TPSA) is 104 Å². The van der Waals surface area contributed by atoms with E-state index < -0.39 is 0 Å². The molecule has 1 aromatic carbocycles. The molecule has 0 amide bonds. The van der Waals surface area contributed by atoms with E-state index in [9.17, 15) is 4.79 Å². The van der Waals surface area contributed by atoms with Crippen molar-refractivity contribution in [3.8, 4) is 0 Å². The van der Waals surface area contributed by atoms with E-state index in [4.69, 9.17) is 5.73 Å². The van der Waals surface area contributed by atoms with Crippen molar-refractivity contribution >= 4 is 33.9 Å². The SMILES string of the molecule is Nc1ncnc2cc(CN3CCN(Cc4cc5cnccc5[nH]4)CC3C=O)ccc12. The molecule has 1 unspecified atom stereocenters. The van der Waals surface area contributed by atoms with Gasteiger partial charge in [-0.1, -0.05) is 6.07 Å². The van der Waals surface area contributed by atoms with Crippen LogP contribution in [-0.4, -0.2) is 61.7 Å². The number of fused-ring (bicyclic) bond motifs is 2. The number of hydrogen-bond donors (Lipinski definition) is 2. The number of nitrogens with zero attached hydrogens (tertiary/aromatic N) is 5. The van der Waals surface area contributed by atoms with Gasteiger partial charge in [0.05, 0.1) is 11.6 Å². The van der Waals surface area contributed by atoms with E-state index in [2.05, 4.69) is 35.8 Å². The van der Waals surface area contributed by atoms with Crippen LogP contribution < -0.4 is 5.73 Å². The quantitative estimate of drug-likeness (QED) is 0.493. The molecule has 8 heteroatoms. The highest BCUT2D eigenvalue weighted by atomic mass is 16.1. The molecule has 5 rings (SSSR count). The van der Waals surface area contributed by atoms with Gasteiger partial charge in [-0.15, -0.1) is 0 Å². The molecular weight excluding hydrogens is 378 g/mol. The molecule has 1 saturated heterocycles. The Hall–Kier alpha value is -3.36. The Morgan fingerprint density at radius 2 is 2.10 bits per heavy atom. The van der Waals surface area contributed by atoms with Crippen LogP contribution in [0.2, 0.25) is 0 Å². The van der Waals surface area contributed by atoms with Gasteiger partial charge >= 0.3 is 0 Å². The van der Waals surface area contributed by atoms with Crippen LogP contribution in [0.5, 0.6) is 0 Å². The summed E-state index contributed by atoms with van der Waals surface area (Å²) < 4.78 is 0. The first-order valence-electron chi connectivity index (χ1n) is 10.0. The fourth-order valence-corrected chi connectivity index (χ4v) is 4.19. The molecule has 30 heavy (non-hydrogen) atoms. The van der Waals surface area contributed by atoms with Gasteiger partial charge in [-0.2, -0.15) is 0 Å². The molecular formula is C22H23N7O. The smallest absolute Gasteiger partial charge is 0.138 e. The lowest BCUT2D eigenvalue weighted by Gasteiger charge is -2.38. The number of aldehydes is 1. The summed E-state index contributed by atoms with van der Waals surface area (Å²) in [5, 5.41) is 1.96. The third kappa shape index (κ3) is 3.62. The molecule has 4 heterocycles. The van der Waals surface area contributed by atoms with Crippen molar-refractivity contribution in [3.05, 3.63) is 60.3 Å². The summed E-state index contributed by atoms with van der Waals surface area (Å²) in [7, 11) is 0. The van der Waals surface area contributed by atoms with Crippen molar-refractivity contribution in [3.63, 3.8) is 0 Å². The molecule has 0 radical (unpaired) electrons. The number of aromatic nitrogens is 4. The summed E-state index contributed by atoms with van der Waals surface area (Å²) >= 11 is 0. The van der Waals surface area contributed by atoms with Gasteiger partial charge in [0.15, 0.2) is 0 Å².